The Balaban J connectivity index is 1.72. The van der Waals surface area contributed by atoms with Crippen LogP contribution in [0.1, 0.15) is 12.0 Å². The summed E-state index contributed by atoms with van der Waals surface area (Å²) in [7, 11) is 1.74. The van der Waals surface area contributed by atoms with Gasteiger partial charge in [-0.05, 0) is 12.0 Å². The van der Waals surface area contributed by atoms with E-state index in [0.29, 0.717) is 6.42 Å². The average Bonchev–Trinajstić information content (AvgIpc) is 2.49. The van der Waals surface area contributed by atoms with E-state index in [4.69, 9.17) is 4.74 Å². The van der Waals surface area contributed by atoms with Crippen LogP contribution in [-0.2, 0) is 16.0 Å². The van der Waals surface area contributed by atoms with Crippen LogP contribution in [0.4, 0.5) is 0 Å². The van der Waals surface area contributed by atoms with Crippen LogP contribution in [0.2, 0.25) is 0 Å². The molecule has 1 saturated heterocycles. The minimum atomic E-state index is 0.243. The topological polar surface area (TPSA) is 32.8 Å². The van der Waals surface area contributed by atoms with Gasteiger partial charge in [-0.3, -0.25) is 9.69 Å². The summed E-state index contributed by atoms with van der Waals surface area (Å²) < 4.78 is 5.07. The van der Waals surface area contributed by atoms with Crippen LogP contribution >= 0.6 is 0 Å². The van der Waals surface area contributed by atoms with E-state index in [2.05, 4.69) is 4.90 Å². The fourth-order valence-electron chi connectivity index (χ4n) is 2.54. The Hall–Kier alpha value is -1.39. The maximum atomic E-state index is 12.2. The van der Waals surface area contributed by atoms with Crippen LogP contribution in [0.15, 0.2) is 30.3 Å². The third-order valence-electron chi connectivity index (χ3n) is 3.75. The van der Waals surface area contributed by atoms with Crippen molar-refractivity contribution in [1.29, 1.82) is 0 Å². The molecule has 1 amide bonds. The normalized spacial score (nSPS) is 16.4. The zero-order valence-corrected chi connectivity index (χ0v) is 12.3. The van der Waals surface area contributed by atoms with Gasteiger partial charge in [0, 0.05) is 46.4 Å². The predicted molar refractivity (Wildman–Crippen MR) is 79.7 cm³/mol. The maximum absolute atomic E-state index is 12.2. The van der Waals surface area contributed by atoms with Crippen molar-refractivity contribution in [2.75, 3.05) is 46.4 Å². The quantitative estimate of drug-likeness (QED) is 0.737. The molecule has 0 N–H and O–H groups in total. The Morgan fingerprint density at radius 2 is 1.85 bits per heavy atom. The van der Waals surface area contributed by atoms with E-state index in [9.17, 15) is 4.79 Å². The summed E-state index contributed by atoms with van der Waals surface area (Å²) in [4.78, 5) is 16.6. The Morgan fingerprint density at radius 3 is 2.50 bits per heavy atom. The molecule has 0 aromatic heterocycles. The SMILES string of the molecule is COCCCN1CCN(C(=O)Cc2ccccc2)CC1. The summed E-state index contributed by atoms with van der Waals surface area (Å²) in [5.41, 5.74) is 1.10. The average molecular weight is 276 g/mol. The predicted octanol–water partition coefficient (Wildman–Crippen LogP) is 1.41. The largest absolute Gasteiger partial charge is 0.385 e. The monoisotopic (exact) mass is 276 g/mol. The van der Waals surface area contributed by atoms with Crippen LogP contribution in [0.25, 0.3) is 0 Å². The molecule has 1 aromatic rings. The Kier molecular flexibility index (Phi) is 6.02. The minimum absolute atomic E-state index is 0.243. The fraction of sp³-hybridized carbons (Fsp3) is 0.562. The highest BCUT2D eigenvalue weighted by molar-refractivity contribution is 5.78. The molecule has 0 atom stereocenters. The summed E-state index contributed by atoms with van der Waals surface area (Å²) in [6, 6.07) is 9.97. The molecule has 0 unspecified atom stereocenters. The Morgan fingerprint density at radius 1 is 1.15 bits per heavy atom. The second kappa shape index (κ2) is 8.02. The van der Waals surface area contributed by atoms with E-state index in [1.54, 1.807) is 7.11 Å². The highest BCUT2D eigenvalue weighted by Gasteiger charge is 2.20. The number of benzene rings is 1. The van der Waals surface area contributed by atoms with Gasteiger partial charge in [-0.15, -0.1) is 0 Å². The van der Waals surface area contributed by atoms with Crippen molar-refractivity contribution in [2.45, 2.75) is 12.8 Å². The number of amides is 1. The number of rotatable bonds is 6. The van der Waals surface area contributed by atoms with Gasteiger partial charge in [0.2, 0.25) is 5.91 Å². The second-order valence-corrected chi connectivity index (χ2v) is 5.23. The van der Waals surface area contributed by atoms with Crippen molar-refractivity contribution in [2.24, 2.45) is 0 Å². The highest BCUT2D eigenvalue weighted by Crippen LogP contribution is 2.07. The van der Waals surface area contributed by atoms with Gasteiger partial charge in [0.15, 0.2) is 0 Å². The van der Waals surface area contributed by atoms with Gasteiger partial charge in [0.25, 0.3) is 0 Å². The van der Waals surface area contributed by atoms with E-state index >= 15 is 0 Å². The number of hydrogen-bond donors (Lipinski definition) is 0. The van der Waals surface area contributed by atoms with E-state index in [1.807, 2.05) is 35.2 Å². The summed E-state index contributed by atoms with van der Waals surface area (Å²) in [6.45, 7) is 5.52. The summed E-state index contributed by atoms with van der Waals surface area (Å²) in [5, 5.41) is 0. The first-order chi connectivity index (χ1) is 9.79. The van der Waals surface area contributed by atoms with Crippen LogP contribution in [0.5, 0.6) is 0 Å². The van der Waals surface area contributed by atoms with Crippen molar-refractivity contribution >= 4 is 5.91 Å². The van der Waals surface area contributed by atoms with Crippen molar-refractivity contribution in [3.8, 4) is 0 Å². The molecule has 110 valence electrons. The van der Waals surface area contributed by atoms with Gasteiger partial charge in [-0.25, -0.2) is 0 Å². The third kappa shape index (κ3) is 4.62. The van der Waals surface area contributed by atoms with Gasteiger partial charge in [0.05, 0.1) is 6.42 Å². The Labute approximate surface area is 121 Å². The number of carbonyl (C=O) groups is 1. The number of nitrogens with zero attached hydrogens (tertiary/aromatic N) is 2. The highest BCUT2D eigenvalue weighted by atomic mass is 16.5. The zero-order valence-electron chi connectivity index (χ0n) is 12.3. The minimum Gasteiger partial charge on any atom is -0.385 e. The molecule has 20 heavy (non-hydrogen) atoms. The molecule has 0 spiro atoms. The maximum Gasteiger partial charge on any atom is 0.227 e. The summed E-state index contributed by atoms with van der Waals surface area (Å²) in [6.07, 6.45) is 1.58. The molecule has 1 aromatic carbocycles. The van der Waals surface area contributed by atoms with Gasteiger partial charge in [-0.2, -0.15) is 0 Å². The molecular formula is C16H24N2O2. The molecule has 0 radical (unpaired) electrons. The number of carbonyl (C=O) groups excluding carboxylic acids is 1. The van der Waals surface area contributed by atoms with Crippen LogP contribution in [-0.4, -0.2) is 62.1 Å². The molecule has 1 aliphatic heterocycles. The number of ether oxygens (including phenoxy) is 1. The first-order valence-electron chi connectivity index (χ1n) is 7.32. The van der Waals surface area contributed by atoms with Crippen molar-refractivity contribution in [1.82, 2.24) is 9.80 Å². The molecule has 1 aliphatic rings. The molecule has 1 fully saturated rings. The molecule has 0 aliphatic carbocycles. The lowest BCUT2D eigenvalue weighted by Crippen LogP contribution is -2.49. The third-order valence-corrected chi connectivity index (χ3v) is 3.75. The molecule has 1 heterocycles. The van der Waals surface area contributed by atoms with Gasteiger partial charge >= 0.3 is 0 Å². The van der Waals surface area contributed by atoms with Crippen LogP contribution < -0.4 is 0 Å². The number of methoxy groups -OCH3 is 1. The van der Waals surface area contributed by atoms with Crippen molar-refractivity contribution in [3.05, 3.63) is 35.9 Å². The number of hydrogen-bond acceptors (Lipinski definition) is 3. The van der Waals surface area contributed by atoms with E-state index in [0.717, 1.165) is 51.3 Å². The molecule has 4 heteroatoms. The van der Waals surface area contributed by atoms with Crippen LogP contribution in [0, 0.1) is 0 Å². The number of piperazine rings is 1. The molecule has 2 rings (SSSR count). The molecular weight excluding hydrogens is 252 g/mol. The lowest BCUT2D eigenvalue weighted by Gasteiger charge is -2.34. The van der Waals surface area contributed by atoms with Crippen LogP contribution in [0.3, 0.4) is 0 Å². The standard InChI is InChI=1S/C16H24N2O2/c1-20-13-5-8-17-9-11-18(12-10-17)16(19)14-15-6-3-2-4-7-15/h2-4,6-7H,5,8-14H2,1H3. The van der Waals surface area contributed by atoms with Gasteiger partial charge in [-0.1, -0.05) is 30.3 Å². The summed E-state index contributed by atoms with van der Waals surface area (Å²) >= 11 is 0. The molecule has 4 nitrogen and oxygen atoms in total. The van der Waals surface area contributed by atoms with E-state index in [-0.39, 0.29) is 5.91 Å². The molecule has 0 bridgehead atoms. The first-order valence-corrected chi connectivity index (χ1v) is 7.32. The summed E-state index contributed by atoms with van der Waals surface area (Å²) in [5.74, 6) is 0.243. The fourth-order valence-corrected chi connectivity index (χ4v) is 2.54. The van der Waals surface area contributed by atoms with Crippen molar-refractivity contribution in [3.63, 3.8) is 0 Å². The van der Waals surface area contributed by atoms with Crippen molar-refractivity contribution < 1.29 is 9.53 Å². The second-order valence-electron chi connectivity index (χ2n) is 5.23. The molecule has 0 saturated carbocycles. The first kappa shape index (κ1) is 15.0. The lowest BCUT2D eigenvalue weighted by atomic mass is 10.1. The smallest absolute Gasteiger partial charge is 0.227 e. The zero-order chi connectivity index (χ0) is 14.2. The van der Waals surface area contributed by atoms with E-state index in [1.165, 1.54) is 0 Å². The van der Waals surface area contributed by atoms with Gasteiger partial charge < -0.3 is 9.64 Å². The lowest BCUT2D eigenvalue weighted by molar-refractivity contribution is -0.132. The Bertz CT molecular complexity index is 400. The van der Waals surface area contributed by atoms with E-state index < -0.39 is 0 Å². The van der Waals surface area contributed by atoms with Gasteiger partial charge in [0.1, 0.15) is 0 Å².